The zero-order valence-corrected chi connectivity index (χ0v) is 15.3. The highest BCUT2D eigenvalue weighted by atomic mass is 16.7. The molecular formula is C19H22BN3O2. The van der Waals surface area contributed by atoms with Gasteiger partial charge < -0.3 is 9.31 Å². The number of rotatable bonds is 2. The van der Waals surface area contributed by atoms with E-state index in [9.17, 15) is 0 Å². The zero-order valence-electron chi connectivity index (χ0n) is 15.3. The van der Waals surface area contributed by atoms with Crippen LogP contribution in [0.1, 0.15) is 33.4 Å². The molecule has 0 radical (unpaired) electrons. The molecule has 4 rings (SSSR count). The van der Waals surface area contributed by atoms with Crippen LogP contribution in [-0.2, 0) is 9.31 Å². The average molecular weight is 335 g/mol. The van der Waals surface area contributed by atoms with E-state index in [0.29, 0.717) is 0 Å². The SMILES string of the molecule is Cc1ccn2nc(-c3ccc(B4OC(C)(C)C(C)(C)O4)cc3)cc2n1. The predicted octanol–water partition coefficient (Wildman–Crippen LogP) is 3.00. The molecule has 128 valence electrons. The molecule has 0 aliphatic carbocycles. The molecule has 0 N–H and O–H groups in total. The van der Waals surface area contributed by atoms with Crippen LogP contribution in [0.3, 0.4) is 0 Å². The van der Waals surface area contributed by atoms with E-state index >= 15 is 0 Å². The predicted molar refractivity (Wildman–Crippen MR) is 98.9 cm³/mol. The quantitative estimate of drug-likeness (QED) is 0.676. The van der Waals surface area contributed by atoms with Crippen molar-refractivity contribution < 1.29 is 9.31 Å². The standard InChI is InChI=1S/C19H22BN3O2/c1-13-10-11-23-17(21-13)12-16(22-23)14-6-8-15(9-7-14)20-24-18(2,3)19(4,5)25-20/h6-12H,1-5H3. The molecule has 3 aromatic rings. The Balaban J connectivity index is 1.62. The number of aromatic nitrogens is 3. The van der Waals surface area contributed by atoms with Gasteiger partial charge in [-0.25, -0.2) is 9.50 Å². The van der Waals surface area contributed by atoms with Gasteiger partial charge in [-0.2, -0.15) is 5.10 Å². The fraction of sp³-hybridized carbons (Fsp3) is 0.368. The molecule has 0 unspecified atom stereocenters. The van der Waals surface area contributed by atoms with Crippen molar-refractivity contribution in [2.24, 2.45) is 0 Å². The van der Waals surface area contributed by atoms with Crippen LogP contribution in [0.5, 0.6) is 0 Å². The second kappa shape index (κ2) is 5.41. The molecule has 3 heterocycles. The number of fused-ring (bicyclic) bond motifs is 1. The first-order valence-corrected chi connectivity index (χ1v) is 8.54. The summed E-state index contributed by atoms with van der Waals surface area (Å²) in [6, 6.07) is 12.1. The molecule has 0 bridgehead atoms. The molecule has 1 fully saturated rings. The smallest absolute Gasteiger partial charge is 0.399 e. The summed E-state index contributed by atoms with van der Waals surface area (Å²) in [4.78, 5) is 4.49. The summed E-state index contributed by atoms with van der Waals surface area (Å²) in [7, 11) is -0.343. The maximum atomic E-state index is 6.10. The average Bonchev–Trinajstić information content (AvgIpc) is 3.05. The Kier molecular flexibility index (Phi) is 3.53. The number of aryl methyl sites for hydroxylation is 1. The fourth-order valence-corrected chi connectivity index (χ4v) is 2.91. The van der Waals surface area contributed by atoms with Gasteiger partial charge in [0.25, 0.3) is 0 Å². The van der Waals surface area contributed by atoms with Gasteiger partial charge in [-0.15, -0.1) is 0 Å². The van der Waals surface area contributed by atoms with Gasteiger partial charge in [0.15, 0.2) is 5.65 Å². The summed E-state index contributed by atoms with van der Waals surface area (Å²) in [5, 5.41) is 4.59. The van der Waals surface area contributed by atoms with Gasteiger partial charge in [0.05, 0.1) is 16.9 Å². The lowest BCUT2D eigenvalue weighted by Crippen LogP contribution is -2.41. The lowest BCUT2D eigenvalue weighted by molar-refractivity contribution is 0.00578. The van der Waals surface area contributed by atoms with Gasteiger partial charge in [-0.3, -0.25) is 0 Å². The number of benzene rings is 1. The molecular weight excluding hydrogens is 313 g/mol. The monoisotopic (exact) mass is 335 g/mol. The maximum Gasteiger partial charge on any atom is 0.494 e. The van der Waals surface area contributed by atoms with Crippen LogP contribution < -0.4 is 5.46 Å². The van der Waals surface area contributed by atoms with E-state index in [-0.39, 0.29) is 18.3 Å². The first kappa shape index (κ1) is 16.3. The Morgan fingerprint density at radius 2 is 1.60 bits per heavy atom. The van der Waals surface area contributed by atoms with Crippen LogP contribution >= 0.6 is 0 Å². The molecule has 6 heteroatoms. The summed E-state index contributed by atoms with van der Waals surface area (Å²) in [6.45, 7) is 10.2. The summed E-state index contributed by atoms with van der Waals surface area (Å²) < 4.78 is 14.0. The zero-order chi connectivity index (χ0) is 17.8. The molecule has 2 aromatic heterocycles. The molecule has 0 amide bonds. The van der Waals surface area contributed by atoms with Gasteiger partial charge in [0, 0.05) is 23.5 Å². The van der Waals surface area contributed by atoms with Crippen molar-refractivity contribution in [2.45, 2.75) is 45.8 Å². The van der Waals surface area contributed by atoms with Crippen LogP contribution in [0.25, 0.3) is 16.9 Å². The van der Waals surface area contributed by atoms with Crippen molar-refractivity contribution in [3.8, 4) is 11.3 Å². The molecule has 0 atom stereocenters. The molecule has 0 saturated carbocycles. The minimum absolute atomic E-state index is 0.332. The highest BCUT2D eigenvalue weighted by Crippen LogP contribution is 2.36. The minimum Gasteiger partial charge on any atom is -0.399 e. The van der Waals surface area contributed by atoms with E-state index < -0.39 is 0 Å². The fourth-order valence-electron chi connectivity index (χ4n) is 2.91. The van der Waals surface area contributed by atoms with Crippen molar-refractivity contribution in [1.29, 1.82) is 0 Å². The van der Waals surface area contributed by atoms with Crippen LogP contribution in [0.2, 0.25) is 0 Å². The maximum absolute atomic E-state index is 6.10. The van der Waals surface area contributed by atoms with Crippen molar-refractivity contribution in [1.82, 2.24) is 14.6 Å². The normalized spacial score (nSPS) is 18.8. The lowest BCUT2D eigenvalue weighted by atomic mass is 9.79. The molecule has 1 aliphatic rings. The van der Waals surface area contributed by atoms with Crippen molar-refractivity contribution >= 4 is 18.2 Å². The topological polar surface area (TPSA) is 48.7 Å². The third-order valence-corrected chi connectivity index (χ3v) is 5.20. The molecule has 1 saturated heterocycles. The van der Waals surface area contributed by atoms with E-state index in [4.69, 9.17) is 9.31 Å². The van der Waals surface area contributed by atoms with E-state index in [2.05, 4.69) is 49.9 Å². The molecule has 5 nitrogen and oxygen atoms in total. The Bertz CT molecular complexity index is 915. The van der Waals surface area contributed by atoms with Gasteiger partial charge in [0.1, 0.15) is 0 Å². The van der Waals surface area contributed by atoms with Gasteiger partial charge in [-0.1, -0.05) is 24.3 Å². The summed E-state index contributed by atoms with van der Waals surface area (Å²) in [5.41, 5.74) is 4.13. The Morgan fingerprint density at radius 3 is 2.24 bits per heavy atom. The third kappa shape index (κ3) is 2.75. The number of hydrogen-bond acceptors (Lipinski definition) is 4. The number of nitrogens with zero attached hydrogens (tertiary/aromatic N) is 3. The van der Waals surface area contributed by atoms with Gasteiger partial charge in [0.2, 0.25) is 0 Å². The van der Waals surface area contributed by atoms with Gasteiger partial charge in [-0.05, 0) is 46.1 Å². The van der Waals surface area contributed by atoms with Crippen molar-refractivity contribution in [2.75, 3.05) is 0 Å². The first-order chi connectivity index (χ1) is 11.7. The van der Waals surface area contributed by atoms with Crippen molar-refractivity contribution in [3.05, 3.63) is 48.3 Å². The number of hydrogen-bond donors (Lipinski definition) is 0. The third-order valence-electron chi connectivity index (χ3n) is 5.20. The second-order valence-corrected chi connectivity index (χ2v) is 7.61. The Hall–Kier alpha value is -2.18. The van der Waals surface area contributed by atoms with E-state index in [1.165, 1.54) is 0 Å². The second-order valence-electron chi connectivity index (χ2n) is 7.61. The molecule has 1 aliphatic heterocycles. The Labute approximate surface area is 148 Å². The minimum atomic E-state index is -0.343. The molecule has 25 heavy (non-hydrogen) atoms. The molecule has 1 aromatic carbocycles. The first-order valence-electron chi connectivity index (χ1n) is 8.54. The highest BCUT2D eigenvalue weighted by Gasteiger charge is 2.51. The highest BCUT2D eigenvalue weighted by molar-refractivity contribution is 6.62. The van der Waals surface area contributed by atoms with Crippen molar-refractivity contribution in [3.63, 3.8) is 0 Å². The van der Waals surface area contributed by atoms with Crippen LogP contribution in [-0.4, -0.2) is 32.9 Å². The largest absolute Gasteiger partial charge is 0.494 e. The van der Waals surface area contributed by atoms with Crippen LogP contribution in [0.15, 0.2) is 42.6 Å². The lowest BCUT2D eigenvalue weighted by Gasteiger charge is -2.32. The molecule has 0 spiro atoms. The van der Waals surface area contributed by atoms with E-state index in [0.717, 1.165) is 28.1 Å². The van der Waals surface area contributed by atoms with Crippen LogP contribution in [0.4, 0.5) is 0 Å². The summed E-state index contributed by atoms with van der Waals surface area (Å²) >= 11 is 0. The summed E-state index contributed by atoms with van der Waals surface area (Å²) in [5.74, 6) is 0. The summed E-state index contributed by atoms with van der Waals surface area (Å²) in [6.07, 6.45) is 1.93. The Morgan fingerprint density at radius 1 is 0.960 bits per heavy atom. The van der Waals surface area contributed by atoms with E-state index in [1.807, 2.05) is 37.4 Å². The van der Waals surface area contributed by atoms with Gasteiger partial charge >= 0.3 is 7.12 Å². The van der Waals surface area contributed by atoms with Crippen LogP contribution in [0, 0.1) is 6.92 Å². The van der Waals surface area contributed by atoms with E-state index in [1.54, 1.807) is 4.52 Å².